The van der Waals surface area contributed by atoms with Gasteiger partial charge < -0.3 is 15.1 Å². The molecule has 3 heterocycles. The van der Waals surface area contributed by atoms with Gasteiger partial charge in [0.15, 0.2) is 5.96 Å². The molecule has 8 heteroatoms. The summed E-state index contributed by atoms with van der Waals surface area (Å²) in [4.78, 5) is 29.5. The van der Waals surface area contributed by atoms with Crippen LogP contribution in [0.4, 0.5) is 0 Å². The molecule has 0 bridgehead atoms. The van der Waals surface area contributed by atoms with Gasteiger partial charge in [0.25, 0.3) is 0 Å². The molecule has 1 aromatic rings. The lowest BCUT2D eigenvalue weighted by atomic mass is 10.2. The molecule has 3 rings (SSSR count). The van der Waals surface area contributed by atoms with Gasteiger partial charge in [-0.25, -0.2) is 4.98 Å². The Balaban J connectivity index is 1.49. The highest BCUT2D eigenvalue weighted by Crippen LogP contribution is 2.17. The van der Waals surface area contributed by atoms with E-state index < -0.39 is 0 Å². The number of amides is 1. The molecule has 0 spiro atoms. The number of hydrogen-bond acceptors (Lipinski definition) is 5. The normalized spacial score (nSPS) is 20.2. The highest BCUT2D eigenvalue weighted by Gasteiger charge is 2.30. The lowest BCUT2D eigenvalue weighted by Crippen LogP contribution is -2.57. The van der Waals surface area contributed by atoms with E-state index in [-0.39, 0.29) is 6.04 Å². The SMILES string of the molecule is CN=C(NCc1sc(C)nc1C)N1CCN(C(C)C(=O)N2CCCC2)CC1. The first-order chi connectivity index (χ1) is 13.0. The Morgan fingerprint density at radius 2 is 1.81 bits per heavy atom. The molecule has 2 aliphatic rings. The summed E-state index contributed by atoms with van der Waals surface area (Å²) >= 11 is 1.74. The van der Waals surface area contributed by atoms with Gasteiger partial charge in [0.05, 0.1) is 23.3 Å². The van der Waals surface area contributed by atoms with Crippen LogP contribution in [0.2, 0.25) is 0 Å². The molecule has 1 N–H and O–H groups in total. The molecule has 1 unspecified atom stereocenters. The number of carbonyl (C=O) groups is 1. The van der Waals surface area contributed by atoms with Crippen LogP contribution < -0.4 is 5.32 Å². The zero-order chi connectivity index (χ0) is 19.4. The molecule has 2 aliphatic heterocycles. The van der Waals surface area contributed by atoms with Gasteiger partial charge >= 0.3 is 0 Å². The van der Waals surface area contributed by atoms with Crippen LogP contribution in [0.25, 0.3) is 0 Å². The fraction of sp³-hybridized carbons (Fsp3) is 0.737. The van der Waals surface area contributed by atoms with E-state index in [4.69, 9.17) is 0 Å². The molecule has 7 nitrogen and oxygen atoms in total. The molecule has 1 aromatic heterocycles. The van der Waals surface area contributed by atoms with Gasteiger partial charge in [0, 0.05) is 51.2 Å². The largest absolute Gasteiger partial charge is 0.351 e. The lowest BCUT2D eigenvalue weighted by Gasteiger charge is -2.39. The van der Waals surface area contributed by atoms with Crippen LogP contribution in [0.3, 0.4) is 0 Å². The second kappa shape index (κ2) is 9.01. The third-order valence-electron chi connectivity index (χ3n) is 5.56. The van der Waals surface area contributed by atoms with Gasteiger partial charge in [0.2, 0.25) is 5.91 Å². The minimum atomic E-state index is -0.0250. The van der Waals surface area contributed by atoms with Crippen LogP contribution >= 0.6 is 11.3 Å². The summed E-state index contributed by atoms with van der Waals surface area (Å²) in [6, 6.07) is -0.0250. The summed E-state index contributed by atoms with van der Waals surface area (Å²) < 4.78 is 0. The Kier molecular flexibility index (Phi) is 6.70. The Bertz CT molecular complexity index is 674. The third kappa shape index (κ3) is 4.79. The van der Waals surface area contributed by atoms with E-state index in [9.17, 15) is 4.79 Å². The number of rotatable bonds is 4. The summed E-state index contributed by atoms with van der Waals surface area (Å²) in [6.45, 7) is 12.3. The molecule has 0 saturated carbocycles. The molecule has 0 aromatic carbocycles. The topological polar surface area (TPSA) is 64.1 Å². The van der Waals surface area contributed by atoms with Crippen molar-refractivity contribution in [3.8, 4) is 0 Å². The minimum Gasteiger partial charge on any atom is -0.351 e. The molecular formula is C19H32N6OS. The number of aromatic nitrogens is 1. The van der Waals surface area contributed by atoms with Crippen molar-refractivity contribution in [3.63, 3.8) is 0 Å². The number of carbonyl (C=O) groups excluding carboxylic acids is 1. The fourth-order valence-corrected chi connectivity index (χ4v) is 4.78. The number of thiazole rings is 1. The van der Waals surface area contributed by atoms with E-state index in [1.807, 2.05) is 18.9 Å². The number of aliphatic imine (C=N–C) groups is 1. The highest BCUT2D eigenvalue weighted by molar-refractivity contribution is 7.11. The molecule has 0 aliphatic carbocycles. The van der Waals surface area contributed by atoms with E-state index in [0.29, 0.717) is 5.91 Å². The van der Waals surface area contributed by atoms with Crippen LogP contribution in [-0.2, 0) is 11.3 Å². The number of likely N-dealkylation sites (tertiary alicyclic amines) is 1. The standard InChI is InChI=1S/C19H32N6OS/c1-14-17(27-16(3)22-14)13-21-19(20-4)25-11-9-23(10-12-25)15(2)18(26)24-7-5-6-8-24/h15H,5-13H2,1-4H3,(H,20,21). The Labute approximate surface area is 166 Å². The van der Waals surface area contributed by atoms with Crippen molar-refractivity contribution in [1.82, 2.24) is 25.0 Å². The number of piperazine rings is 1. The van der Waals surface area contributed by atoms with Crippen LogP contribution in [0, 0.1) is 13.8 Å². The molecule has 1 atom stereocenters. The van der Waals surface area contributed by atoms with Crippen molar-refractivity contribution in [3.05, 3.63) is 15.6 Å². The maximum Gasteiger partial charge on any atom is 0.239 e. The number of nitrogens with one attached hydrogen (secondary N) is 1. The van der Waals surface area contributed by atoms with Gasteiger partial charge in [-0.05, 0) is 33.6 Å². The average molecular weight is 393 g/mol. The van der Waals surface area contributed by atoms with Gasteiger partial charge in [-0.15, -0.1) is 11.3 Å². The van der Waals surface area contributed by atoms with Crippen molar-refractivity contribution in [1.29, 1.82) is 0 Å². The van der Waals surface area contributed by atoms with Crippen molar-refractivity contribution < 1.29 is 4.79 Å². The zero-order valence-electron chi connectivity index (χ0n) is 17.0. The lowest BCUT2D eigenvalue weighted by molar-refractivity contribution is -0.135. The second-order valence-electron chi connectivity index (χ2n) is 7.37. The maximum absolute atomic E-state index is 12.6. The molecule has 0 radical (unpaired) electrons. The first-order valence-electron chi connectivity index (χ1n) is 9.91. The van der Waals surface area contributed by atoms with Crippen LogP contribution in [-0.4, -0.2) is 83.9 Å². The number of aryl methyl sites for hydroxylation is 2. The molecule has 1 amide bonds. The van der Waals surface area contributed by atoms with Gasteiger partial charge in [-0.2, -0.15) is 0 Å². The summed E-state index contributed by atoms with van der Waals surface area (Å²) in [5, 5.41) is 4.58. The van der Waals surface area contributed by atoms with Crippen molar-refractivity contribution >= 4 is 23.2 Å². The first-order valence-corrected chi connectivity index (χ1v) is 10.7. The number of hydrogen-bond donors (Lipinski definition) is 1. The van der Waals surface area contributed by atoms with Crippen LogP contribution in [0.5, 0.6) is 0 Å². The molecular weight excluding hydrogens is 360 g/mol. The fourth-order valence-electron chi connectivity index (χ4n) is 3.91. The predicted molar refractivity (Wildman–Crippen MR) is 110 cm³/mol. The first kappa shape index (κ1) is 20.1. The summed E-state index contributed by atoms with van der Waals surface area (Å²) in [7, 11) is 1.83. The Hall–Kier alpha value is -1.67. The maximum atomic E-state index is 12.6. The number of nitrogens with zero attached hydrogens (tertiary/aromatic N) is 5. The Morgan fingerprint density at radius 3 is 2.37 bits per heavy atom. The molecule has 2 fully saturated rings. The van der Waals surface area contributed by atoms with E-state index in [2.05, 4.69) is 38.9 Å². The molecule has 2 saturated heterocycles. The monoisotopic (exact) mass is 392 g/mol. The quantitative estimate of drug-likeness (QED) is 0.621. The van der Waals surface area contributed by atoms with Crippen LogP contribution in [0.15, 0.2) is 4.99 Å². The van der Waals surface area contributed by atoms with Crippen molar-refractivity contribution in [2.45, 2.75) is 46.2 Å². The average Bonchev–Trinajstić information content (AvgIpc) is 3.31. The summed E-state index contributed by atoms with van der Waals surface area (Å²) in [5.41, 5.74) is 1.10. The number of guanidine groups is 1. The smallest absolute Gasteiger partial charge is 0.239 e. The van der Waals surface area contributed by atoms with Crippen molar-refractivity contribution in [2.75, 3.05) is 46.3 Å². The van der Waals surface area contributed by atoms with Gasteiger partial charge in [-0.3, -0.25) is 14.7 Å². The summed E-state index contributed by atoms with van der Waals surface area (Å²) in [5.74, 6) is 1.22. The highest BCUT2D eigenvalue weighted by atomic mass is 32.1. The van der Waals surface area contributed by atoms with Gasteiger partial charge in [0.1, 0.15) is 0 Å². The molecule has 150 valence electrons. The minimum absolute atomic E-state index is 0.0250. The van der Waals surface area contributed by atoms with Gasteiger partial charge in [-0.1, -0.05) is 0 Å². The Morgan fingerprint density at radius 1 is 1.15 bits per heavy atom. The second-order valence-corrected chi connectivity index (χ2v) is 8.66. The third-order valence-corrected chi connectivity index (χ3v) is 6.63. The predicted octanol–water partition coefficient (Wildman–Crippen LogP) is 1.46. The van der Waals surface area contributed by atoms with Crippen molar-refractivity contribution in [2.24, 2.45) is 4.99 Å². The van der Waals surface area contributed by atoms with Crippen LogP contribution in [0.1, 0.15) is 35.3 Å². The van der Waals surface area contributed by atoms with E-state index in [1.165, 1.54) is 4.88 Å². The van der Waals surface area contributed by atoms with E-state index in [0.717, 1.165) is 75.3 Å². The van der Waals surface area contributed by atoms with E-state index in [1.54, 1.807) is 11.3 Å². The van der Waals surface area contributed by atoms with E-state index >= 15 is 0 Å². The molecule has 27 heavy (non-hydrogen) atoms. The summed E-state index contributed by atoms with van der Waals surface area (Å²) in [6.07, 6.45) is 2.29. The zero-order valence-corrected chi connectivity index (χ0v) is 17.8.